The van der Waals surface area contributed by atoms with Gasteiger partial charge in [0.25, 0.3) is 0 Å². The summed E-state index contributed by atoms with van der Waals surface area (Å²) < 4.78 is 26.3. The lowest BCUT2D eigenvalue weighted by atomic mass is 9.78. The van der Waals surface area contributed by atoms with Crippen molar-refractivity contribution in [1.82, 2.24) is 0 Å². The predicted molar refractivity (Wildman–Crippen MR) is 84.3 cm³/mol. The van der Waals surface area contributed by atoms with E-state index in [0.29, 0.717) is 0 Å². The van der Waals surface area contributed by atoms with E-state index in [1.807, 2.05) is 0 Å². The van der Waals surface area contributed by atoms with Crippen LogP contribution in [-0.4, -0.2) is 0 Å². The van der Waals surface area contributed by atoms with E-state index in [2.05, 4.69) is 6.92 Å². The van der Waals surface area contributed by atoms with E-state index < -0.39 is 11.6 Å². The van der Waals surface area contributed by atoms with E-state index in [9.17, 15) is 8.78 Å². The minimum atomic E-state index is -0.454. The quantitative estimate of drug-likeness (QED) is 0.519. The van der Waals surface area contributed by atoms with Gasteiger partial charge in [0.15, 0.2) is 0 Å². The Bertz CT molecular complexity index is 399. The minimum Gasteiger partial charge on any atom is -0.207 e. The molecule has 0 bridgehead atoms. The van der Waals surface area contributed by atoms with E-state index in [0.717, 1.165) is 36.3 Å². The summed E-state index contributed by atoms with van der Waals surface area (Å²) >= 11 is 0. The second kappa shape index (κ2) is 8.51. The first-order valence-corrected chi connectivity index (χ1v) is 8.62. The normalized spacial score (nSPS) is 22.4. The molecule has 0 aromatic heterocycles. The van der Waals surface area contributed by atoms with Gasteiger partial charge in [-0.15, -0.1) is 0 Å². The van der Waals surface area contributed by atoms with Crippen molar-refractivity contribution in [3.8, 4) is 0 Å². The van der Waals surface area contributed by atoms with Gasteiger partial charge in [0.1, 0.15) is 11.6 Å². The SMILES string of the molecule is CCCCC[C@H]1CC[C@H](CCc2cc(F)cc(F)c2)CC1. The Kier molecular flexibility index (Phi) is 6.66. The zero-order chi connectivity index (χ0) is 15.1. The van der Waals surface area contributed by atoms with Crippen molar-refractivity contribution in [3.63, 3.8) is 0 Å². The van der Waals surface area contributed by atoms with Crippen LogP contribution in [0.4, 0.5) is 8.78 Å². The highest BCUT2D eigenvalue weighted by atomic mass is 19.1. The van der Waals surface area contributed by atoms with Crippen molar-refractivity contribution in [2.45, 2.75) is 71.1 Å². The first-order valence-electron chi connectivity index (χ1n) is 8.62. The molecule has 1 aromatic rings. The number of aryl methyl sites for hydroxylation is 1. The topological polar surface area (TPSA) is 0 Å². The highest BCUT2D eigenvalue weighted by Gasteiger charge is 2.20. The molecule has 118 valence electrons. The van der Waals surface area contributed by atoms with Crippen LogP contribution >= 0.6 is 0 Å². The molecule has 2 heteroatoms. The molecule has 2 rings (SSSR count). The molecular formula is C19H28F2. The van der Waals surface area contributed by atoms with Crippen molar-refractivity contribution in [2.24, 2.45) is 11.8 Å². The maximum Gasteiger partial charge on any atom is 0.126 e. The van der Waals surface area contributed by atoms with Crippen LogP contribution in [0.2, 0.25) is 0 Å². The molecule has 0 nitrogen and oxygen atoms in total. The lowest BCUT2D eigenvalue weighted by Gasteiger charge is -2.28. The van der Waals surface area contributed by atoms with Crippen LogP contribution in [0.25, 0.3) is 0 Å². The van der Waals surface area contributed by atoms with Crippen molar-refractivity contribution in [1.29, 1.82) is 0 Å². The minimum absolute atomic E-state index is 0.454. The number of halogens is 2. The fourth-order valence-corrected chi connectivity index (χ4v) is 3.62. The van der Waals surface area contributed by atoms with E-state index in [1.165, 1.54) is 63.5 Å². The fraction of sp³-hybridized carbons (Fsp3) is 0.684. The molecule has 0 spiro atoms. The fourth-order valence-electron chi connectivity index (χ4n) is 3.62. The molecule has 0 atom stereocenters. The van der Waals surface area contributed by atoms with Crippen molar-refractivity contribution in [3.05, 3.63) is 35.4 Å². The Labute approximate surface area is 128 Å². The highest BCUT2D eigenvalue weighted by molar-refractivity contribution is 5.18. The van der Waals surface area contributed by atoms with Gasteiger partial charge in [-0.25, -0.2) is 8.78 Å². The summed E-state index contributed by atoms with van der Waals surface area (Å²) in [5, 5.41) is 0. The molecule has 1 aliphatic carbocycles. The summed E-state index contributed by atoms with van der Waals surface area (Å²) in [6, 6.07) is 3.89. The van der Waals surface area contributed by atoms with Gasteiger partial charge in [-0.2, -0.15) is 0 Å². The van der Waals surface area contributed by atoms with Crippen molar-refractivity contribution >= 4 is 0 Å². The molecule has 21 heavy (non-hydrogen) atoms. The Morgan fingerprint density at radius 1 is 0.857 bits per heavy atom. The van der Waals surface area contributed by atoms with E-state index in [4.69, 9.17) is 0 Å². The number of rotatable bonds is 7. The van der Waals surface area contributed by atoms with E-state index in [-0.39, 0.29) is 0 Å². The highest BCUT2D eigenvalue weighted by Crippen LogP contribution is 2.34. The van der Waals surface area contributed by atoms with Gasteiger partial charge < -0.3 is 0 Å². The molecule has 1 aliphatic rings. The van der Waals surface area contributed by atoms with Crippen LogP contribution in [0.3, 0.4) is 0 Å². The molecular weight excluding hydrogens is 266 g/mol. The number of unbranched alkanes of at least 4 members (excludes halogenated alkanes) is 2. The molecule has 0 heterocycles. The van der Waals surface area contributed by atoms with Crippen LogP contribution in [0.15, 0.2) is 18.2 Å². The molecule has 1 saturated carbocycles. The van der Waals surface area contributed by atoms with Crippen molar-refractivity contribution in [2.75, 3.05) is 0 Å². The molecule has 0 saturated heterocycles. The molecule has 1 fully saturated rings. The molecule has 0 unspecified atom stereocenters. The van der Waals surface area contributed by atoms with Crippen LogP contribution in [-0.2, 0) is 6.42 Å². The van der Waals surface area contributed by atoms with Crippen LogP contribution in [0.1, 0.15) is 70.3 Å². The van der Waals surface area contributed by atoms with Gasteiger partial charge in [-0.05, 0) is 42.4 Å². The Hall–Kier alpha value is -0.920. The van der Waals surface area contributed by atoms with Gasteiger partial charge in [-0.1, -0.05) is 58.3 Å². The maximum absolute atomic E-state index is 13.2. The third-order valence-corrected chi connectivity index (χ3v) is 4.95. The molecule has 0 N–H and O–H groups in total. The van der Waals surface area contributed by atoms with Gasteiger partial charge >= 0.3 is 0 Å². The summed E-state index contributed by atoms with van der Waals surface area (Å²) in [7, 11) is 0. The largest absolute Gasteiger partial charge is 0.207 e. The average Bonchev–Trinajstić information content (AvgIpc) is 2.46. The van der Waals surface area contributed by atoms with Gasteiger partial charge in [0.2, 0.25) is 0 Å². The summed E-state index contributed by atoms with van der Waals surface area (Å²) in [5.41, 5.74) is 0.803. The van der Waals surface area contributed by atoms with E-state index >= 15 is 0 Å². The smallest absolute Gasteiger partial charge is 0.126 e. The zero-order valence-electron chi connectivity index (χ0n) is 13.2. The first kappa shape index (κ1) is 16.5. The molecule has 0 aliphatic heterocycles. The number of benzene rings is 1. The lowest BCUT2D eigenvalue weighted by molar-refractivity contribution is 0.249. The van der Waals surface area contributed by atoms with Gasteiger partial charge in [-0.3, -0.25) is 0 Å². The molecule has 0 amide bonds. The second-order valence-electron chi connectivity index (χ2n) is 6.70. The molecule has 0 radical (unpaired) electrons. The van der Waals surface area contributed by atoms with Gasteiger partial charge in [0, 0.05) is 6.07 Å². The average molecular weight is 294 g/mol. The number of hydrogen-bond donors (Lipinski definition) is 0. The number of hydrogen-bond acceptors (Lipinski definition) is 0. The third-order valence-electron chi connectivity index (χ3n) is 4.95. The lowest BCUT2D eigenvalue weighted by Crippen LogP contribution is -2.15. The second-order valence-corrected chi connectivity index (χ2v) is 6.70. The summed E-state index contributed by atoms with van der Waals surface area (Å²) in [6.45, 7) is 2.26. The third kappa shape index (κ3) is 5.76. The predicted octanol–water partition coefficient (Wildman–Crippen LogP) is 6.28. The van der Waals surface area contributed by atoms with E-state index in [1.54, 1.807) is 0 Å². The van der Waals surface area contributed by atoms with Crippen molar-refractivity contribution < 1.29 is 8.78 Å². The Morgan fingerprint density at radius 3 is 2.00 bits per heavy atom. The summed E-state index contributed by atoms with van der Waals surface area (Å²) in [6.07, 6.45) is 12.6. The van der Waals surface area contributed by atoms with Crippen LogP contribution in [0.5, 0.6) is 0 Å². The van der Waals surface area contributed by atoms with Crippen LogP contribution in [0, 0.1) is 23.5 Å². The zero-order valence-corrected chi connectivity index (χ0v) is 13.2. The standard InChI is InChI=1S/C19H28F2/c1-2-3-4-5-15-6-8-16(9-7-15)10-11-17-12-18(20)14-19(21)13-17/h12-16H,2-11H2,1H3/t15-,16-. The monoisotopic (exact) mass is 294 g/mol. The molecule has 1 aromatic carbocycles. The van der Waals surface area contributed by atoms with Gasteiger partial charge in [0.05, 0.1) is 0 Å². The van der Waals surface area contributed by atoms with Crippen LogP contribution < -0.4 is 0 Å². The summed E-state index contributed by atoms with van der Waals surface area (Å²) in [4.78, 5) is 0. The maximum atomic E-state index is 13.2. The Balaban J connectivity index is 1.69. The summed E-state index contributed by atoms with van der Waals surface area (Å²) in [5.74, 6) is 0.771. The Morgan fingerprint density at radius 2 is 1.43 bits per heavy atom. The first-order chi connectivity index (χ1) is 10.2.